The average molecular weight is 696 g/mol. The molecule has 0 saturated carbocycles. The largest absolute Gasteiger partial charge is 0.481 e. The molecule has 20 heteroatoms. The van der Waals surface area contributed by atoms with Crippen molar-refractivity contribution in [2.75, 3.05) is 11.5 Å². The van der Waals surface area contributed by atoms with Gasteiger partial charge >= 0.3 is 11.9 Å². The lowest BCUT2D eigenvalue weighted by atomic mass is 9.97. The molecule has 18 nitrogen and oxygen atoms in total. The summed E-state index contributed by atoms with van der Waals surface area (Å²) in [6.45, 7) is 7.11. The van der Waals surface area contributed by atoms with Crippen LogP contribution in [0.4, 0.5) is 0 Å². The Hall–Kier alpha value is -3.62. The smallest absolute Gasteiger partial charge is 0.327 e. The van der Waals surface area contributed by atoms with E-state index in [1.165, 1.54) is 13.8 Å². The molecule has 0 aromatic rings. The van der Waals surface area contributed by atoms with Crippen LogP contribution < -0.4 is 37.6 Å². The fourth-order valence-electron chi connectivity index (χ4n) is 3.61. The number of aliphatic carboxylic acids is 2. The number of carboxylic acids is 2. The van der Waals surface area contributed by atoms with E-state index < -0.39 is 108 Å². The molecular weight excluding hydrogens is 650 g/mol. The number of amides is 6. The molecule has 0 aliphatic heterocycles. The Morgan fingerprint density at radius 1 is 0.630 bits per heavy atom. The Kier molecular flexibility index (Phi) is 18.9. The summed E-state index contributed by atoms with van der Waals surface area (Å²) >= 11 is 7.87. The van der Waals surface area contributed by atoms with Crippen molar-refractivity contribution in [2.24, 2.45) is 11.7 Å². The average Bonchev–Trinajstić information content (AvgIpc) is 2.97. The van der Waals surface area contributed by atoms with Gasteiger partial charge < -0.3 is 53.0 Å². The van der Waals surface area contributed by atoms with Crippen LogP contribution in [0, 0.1) is 5.92 Å². The van der Waals surface area contributed by atoms with Gasteiger partial charge in [0.1, 0.15) is 36.3 Å². The summed E-state index contributed by atoms with van der Waals surface area (Å²) in [5.74, 6) is -9.33. The summed E-state index contributed by atoms with van der Waals surface area (Å²) in [4.78, 5) is 99.1. The molecule has 0 heterocycles. The first-order valence-corrected chi connectivity index (χ1v) is 15.5. The minimum atomic E-state index is -1.77. The van der Waals surface area contributed by atoms with Crippen molar-refractivity contribution in [2.45, 2.75) is 95.9 Å². The topological polar surface area (TPSA) is 295 Å². The van der Waals surface area contributed by atoms with Gasteiger partial charge in [0, 0.05) is 11.5 Å². The lowest BCUT2D eigenvalue weighted by Gasteiger charge is -2.28. The number of thiol groups is 2. The standard InChI is InChI=1S/C26H45N7O11S2/c1-6-10(2)18(24(41)31-16(9-46)26(43)44)32-21(38)12(4)28-25(42)19(13(5)34)33-22(39)14(7-17(35)36)29-23(40)15(8-45)30-20(37)11(3)27/h10-16,18-19,34,45-46H,6-9,27H2,1-5H3,(H,28,42)(H,29,40)(H,30,37)(H,31,41)(H,32,38)(H,33,39)(H,35,36)(H,43,44)/t10-,11-,12-,13+,14-,15-,16-,18-,19-/m0/s1. The van der Waals surface area contributed by atoms with E-state index in [1.54, 1.807) is 13.8 Å². The highest BCUT2D eigenvalue weighted by molar-refractivity contribution is 7.80. The predicted octanol–water partition coefficient (Wildman–Crippen LogP) is -3.89. The summed E-state index contributed by atoms with van der Waals surface area (Å²) in [6, 6.07) is -9.64. The van der Waals surface area contributed by atoms with Gasteiger partial charge in [0.15, 0.2) is 0 Å². The van der Waals surface area contributed by atoms with Crippen molar-refractivity contribution < 1.29 is 53.7 Å². The van der Waals surface area contributed by atoms with Crippen LogP contribution in [0.2, 0.25) is 0 Å². The van der Waals surface area contributed by atoms with E-state index in [4.69, 9.17) is 5.73 Å². The summed E-state index contributed by atoms with van der Waals surface area (Å²) in [6.07, 6.45) is -2.11. The van der Waals surface area contributed by atoms with E-state index in [9.17, 15) is 53.7 Å². The molecule has 9 atom stereocenters. The molecular formula is C26H45N7O11S2. The molecule has 0 rings (SSSR count). The number of nitrogens with one attached hydrogen (secondary N) is 6. The number of hydrogen-bond donors (Lipinski definition) is 12. The second kappa shape index (κ2) is 20.5. The molecule has 0 aromatic heterocycles. The van der Waals surface area contributed by atoms with Gasteiger partial charge in [-0.05, 0) is 26.7 Å². The molecule has 0 radical (unpaired) electrons. The minimum absolute atomic E-state index is 0.210. The van der Waals surface area contributed by atoms with Gasteiger partial charge in [0.25, 0.3) is 0 Å². The number of rotatable bonds is 20. The maximum absolute atomic E-state index is 13.0. The zero-order valence-corrected chi connectivity index (χ0v) is 27.9. The minimum Gasteiger partial charge on any atom is -0.481 e. The van der Waals surface area contributed by atoms with Crippen LogP contribution in [0.3, 0.4) is 0 Å². The highest BCUT2D eigenvalue weighted by Gasteiger charge is 2.35. The van der Waals surface area contributed by atoms with Gasteiger partial charge in [-0.25, -0.2) is 4.79 Å². The molecule has 262 valence electrons. The third-order valence-electron chi connectivity index (χ3n) is 6.65. The number of nitrogens with two attached hydrogens (primary N) is 1. The number of carbonyl (C=O) groups excluding carboxylic acids is 6. The Bertz CT molecular complexity index is 1130. The molecule has 0 unspecified atom stereocenters. The van der Waals surface area contributed by atoms with Crippen LogP contribution in [0.25, 0.3) is 0 Å². The maximum Gasteiger partial charge on any atom is 0.327 e. The van der Waals surface area contributed by atoms with Crippen molar-refractivity contribution in [1.29, 1.82) is 0 Å². The van der Waals surface area contributed by atoms with Gasteiger partial charge in [-0.2, -0.15) is 25.3 Å². The van der Waals surface area contributed by atoms with Gasteiger partial charge in [0.2, 0.25) is 35.4 Å². The molecule has 6 amide bonds. The second-order valence-corrected chi connectivity index (χ2v) is 11.3. The van der Waals surface area contributed by atoms with Crippen LogP contribution in [-0.2, 0) is 38.4 Å². The third kappa shape index (κ3) is 14.2. The third-order valence-corrected chi connectivity index (χ3v) is 7.38. The van der Waals surface area contributed by atoms with Gasteiger partial charge in [-0.15, -0.1) is 0 Å². The lowest BCUT2D eigenvalue weighted by Crippen LogP contribution is -2.62. The first-order chi connectivity index (χ1) is 21.3. The molecule has 0 aliphatic rings. The summed E-state index contributed by atoms with van der Waals surface area (Å²) in [7, 11) is 0. The van der Waals surface area contributed by atoms with Gasteiger partial charge in [0.05, 0.1) is 18.6 Å². The maximum atomic E-state index is 13.0. The van der Waals surface area contributed by atoms with Crippen molar-refractivity contribution >= 4 is 72.6 Å². The molecule has 0 aliphatic carbocycles. The molecule has 0 bridgehead atoms. The number of aliphatic hydroxyl groups is 1. The Labute approximate surface area is 276 Å². The van der Waals surface area contributed by atoms with Gasteiger partial charge in [-0.1, -0.05) is 20.3 Å². The fourth-order valence-corrected chi connectivity index (χ4v) is 4.11. The van der Waals surface area contributed by atoms with E-state index in [0.717, 1.165) is 6.92 Å². The fraction of sp³-hybridized carbons (Fsp3) is 0.692. The van der Waals surface area contributed by atoms with E-state index in [0.29, 0.717) is 6.42 Å². The van der Waals surface area contributed by atoms with Crippen LogP contribution in [0.5, 0.6) is 0 Å². The normalized spacial score (nSPS) is 16.8. The highest BCUT2D eigenvalue weighted by Crippen LogP contribution is 2.09. The molecule has 0 fully saturated rings. The van der Waals surface area contributed by atoms with Gasteiger partial charge in [-0.3, -0.25) is 33.6 Å². The van der Waals surface area contributed by atoms with E-state index >= 15 is 0 Å². The van der Waals surface area contributed by atoms with Crippen molar-refractivity contribution in [3.8, 4) is 0 Å². The summed E-state index contributed by atoms with van der Waals surface area (Å²) in [5.41, 5.74) is 5.47. The molecule has 46 heavy (non-hydrogen) atoms. The predicted molar refractivity (Wildman–Crippen MR) is 170 cm³/mol. The van der Waals surface area contributed by atoms with E-state index in [-0.39, 0.29) is 11.5 Å². The number of aliphatic hydroxyl groups excluding tert-OH is 1. The number of carbonyl (C=O) groups is 8. The molecule has 0 aromatic carbocycles. The molecule has 0 spiro atoms. The number of carboxylic acid groups (broad SMARTS) is 2. The van der Waals surface area contributed by atoms with Crippen LogP contribution in [0.15, 0.2) is 0 Å². The summed E-state index contributed by atoms with van der Waals surface area (Å²) in [5, 5.41) is 42.3. The van der Waals surface area contributed by atoms with Crippen LogP contribution in [-0.4, -0.2) is 123 Å². The van der Waals surface area contributed by atoms with Crippen molar-refractivity contribution in [1.82, 2.24) is 31.9 Å². The molecule has 0 saturated heterocycles. The Morgan fingerprint density at radius 3 is 1.52 bits per heavy atom. The Morgan fingerprint density at radius 2 is 1.09 bits per heavy atom. The van der Waals surface area contributed by atoms with E-state index in [2.05, 4.69) is 57.2 Å². The monoisotopic (exact) mass is 695 g/mol. The first-order valence-electron chi connectivity index (χ1n) is 14.2. The van der Waals surface area contributed by atoms with Crippen LogP contribution in [0.1, 0.15) is 47.5 Å². The first kappa shape index (κ1) is 42.4. The zero-order valence-electron chi connectivity index (χ0n) is 26.1. The summed E-state index contributed by atoms with van der Waals surface area (Å²) < 4.78 is 0. The second-order valence-electron chi connectivity index (χ2n) is 10.6. The SMILES string of the molecule is CC[C@H](C)[C@H](NC(=O)[C@H](C)NC(=O)[C@@H](NC(=O)[C@H](CC(=O)O)NC(=O)[C@H](CS)NC(=O)[C@H](C)N)[C@@H](C)O)C(=O)N[C@@H](CS)C(=O)O. The highest BCUT2D eigenvalue weighted by atomic mass is 32.1. The number of hydrogen-bond acceptors (Lipinski definition) is 12. The Balaban J connectivity index is 5.74. The van der Waals surface area contributed by atoms with Crippen molar-refractivity contribution in [3.63, 3.8) is 0 Å². The van der Waals surface area contributed by atoms with E-state index in [1.807, 2.05) is 0 Å². The van der Waals surface area contributed by atoms with Crippen LogP contribution >= 0.6 is 25.3 Å². The van der Waals surface area contributed by atoms with Crippen molar-refractivity contribution in [3.05, 3.63) is 0 Å². The quantitative estimate of drug-likeness (QED) is 0.0545. The lowest BCUT2D eigenvalue weighted by molar-refractivity contribution is -0.142. The zero-order chi connectivity index (χ0) is 35.9. The molecule has 11 N–H and O–H groups in total.